The summed E-state index contributed by atoms with van der Waals surface area (Å²) in [6.07, 6.45) is 5.11. The second-order valence-electron chi connectivity index (χ2n) is 7.15. The van der Waals surface area contributed by atoms with Crippen molar-refractivity contribution in [3.05, 3.63) is 42.0 Å². The Labute approximate surface area is 140 Å². The van der Waals surface area contributed by atoms with E-state index >= 15 is 0 Å². The monoisotopic (exact) mass is 325 g/mol. The van der Waals surface area contributed by atoms with Crippen molar-refractivity contribution in [2.75, 3.05) is 26.9 Å². The molecule has 2 aliphatic heterocycles. The maximum atomic E-state index is 13.6. The third kappa shape index (κ3) is 1.26. The molecule has 0 radical (unpaired) electrons. The number of hydrogen-bond donors (Lipinski definition) is 0. The van der Waals surface area contributed by atoms with Gasteiger partial charge in [0.2, 0.25) is 11.8 Å². The summed E-state index contributed by atoms with van der Waals surface area (Å²) in [6.45, 7) is 0.942. The molecule has 0 N–H and O–H groups in total. The van der Waals surface area contributed by atoms with Gasteiger partial charge < -0.3 is 9.47 Å². The van der Waals surface area contributed by atoms with Gasteiger partial charge in [0, 0.05) is 12.7 Å². The fraction of sp³-hybridized carbons (Fsp3) is 0.474. The molecule has 0 aromatic heterocycles. The second-order valence-corrected chi connectivity index (χ2v) is 7.15. The Kier molecular flexibility index (Phi) is 2.65. The molecule has 5 rings (SSSR count). The number of likely N-dealkylation sites (tertiary alicyclic amines) is 1. The molecule has 2 amide bonds. The van der Waals surface area contributed by atoms with Crippen LogP contribution in [0.4, 0.5) is 0 Å². The Bertz CT molecular complexity index is 787. The van der Waals surface area contributed by atoms with Crippen molar-refractivity contribution in [1.29, 1.82) is 0 Å². The summed E-state index contributed by atoms with van der Waals surface area (Å²) in [6, 6.07) is 7.70. The molecule has 1 aromatic rings. The van der Waals surface area contributed by atoms with E-state index in [4.69, 9.17) is 9.47 Å². The molecule has 0 unspecified atom stereocenters. The third-order valence-corrected chi connectivity index (χ3v) is 6.47. The van der Waals surface area contributed by atoms with Gasteiger partial charge in [-0.25, -0.2) is 0 Å². The van der Waals surface area contributed by atoms with Crippen LogP contribution in [0.15, 0.2) is 36.4 Å². The number of hydrogen-bond acceptors (Lipinski definition) is 4. The molecule has 0 spiro atoms. The highest BCUT2D eigenvalue weighted by atomic mass is 16.5. The number of benzene rings is 1. The van der Waals surface area contributed by atoms with Crippen molar-refractivity contribution in [3.8, 4) is 5.75 Å². The van der Waals surface area contributed by atoms with Gasteiger partial charge >= 0.3 is 0 Å². The molecule has 4 atom stereocenters. The number of amides is 2. The van der Waals surface area contributed by atoms with Gasteiger partial charge in [-0.2, -0.15) is 0 Å². The van der Waals surface area contributed by atoms with Crippen LogP contribution in [0.1, 0.15) is 12.0 Å². The van der Waals surface area contributed by atoms with Gasteiger partial charge in [-0.15, -0.1) is 0 Å². The standard InChI is InChI=1S/C19H19NO4/c1-23-9-8-20-16(21)18-11-24-15-5-3-2-4-14(15)19(18,17(20)22)13-7-6-12(18)10-13/h2-7,12-13H,8-11H2,1H3/t12-,13+,18+,19+/m1/s1. The minimum absolute atomic E-state index is 0.0662. The Morgan fingerprint density at radius 1 is 1.21 bits per heavy atom. The number of methoxy groups -OCH3 is 1. The summed E-state index contributed by atoms with van der Waals surface area (Å²) in [5.41, 5.74) is -0.705. The van der Waals surface area contributed by atoms with E-state index in [0.717, 1.165) is 17.7 Å². The maximum Gasteiger partial charge on any atom is 0.241 e. The van der Waals surface area contributed by atoms with Crippen LogP contribution >= 0.6 is 0 Å². The second kappa shape index (κ2) is 4.48. The molecular weight excluding hydrogens is 306 g/mol. The third-order valence-electron chi connectivity index (χ3n) is 6.47. The van der Waals surface area contributed by atoms with E-state index in [-0.39, 0.29) is 30.3 Å². The first kappa shape index (κ1) is 14.2. The topological polar surface area (TPSA) is 55.8 Å². The number of carbonyl (C=O) groups excluding carboxylic acids is 2. The lowest BCUT2D eigenvalue weighted by molar-refractivity contribution is -0.144. The molecule has 24 heavy (non-hydrogen) atoms. The summed E-state index contributed by atoms with van der Waals surface area (Å²) in [5, 5.41) is 0. The van der Waals surface area contributed by atoms with Crippen LogP contribution in [0.2, 0.25) is 0 Å². The number of carbonyl (C=O) groups is 2. The van der Waals surface area contributed by atoms with Gasteiger partial charge in [-0.05, 0) is 24.3 Å². The van der Waals surface area contributed by atoms with E-state index in [1.54, 1.807) is 7.11 Å². The van der Waals surface area contributed by atoms with Gasteiger partial charge in [-0.1, -0.05) is 30.4 Å². The van der Waals surface area contributed by atoms with Gasteiger partial charge in [0.15, 0.2) is 0 Å². The first-order valence-electron chi connectivity index (χ1n) is 8.44. The van der Waals surface area contributed by atoms with E-state index in [0.29, 0.717) is 13.2 Å². The largest absolute Gasteiger partial charge is 0.492 e. The Morgan fingerprint density at radius 2 is 2.00 bits per heavy atom. The highest BCUT2D eigenvalue weighted by Crippen LogP contribution is 2.71. The fourth-order valence-electron chi connectivity index (χ4n) is 5.56. The number of ether oxygens (including phenoxy) is 2. The highest BCUT2D eigenvalue weighted by Gasteiger charge is 2.81. The lowest BCUT2D eigenvalue weighted by Gasteiger charge is -2.46. The maximum absolute atomic E-state index is 13.6. The zero-order chi connectivity index (χ0) is 16.5. The molecule has 1 saturated carbocycles. The van der Waals surface area contributed by atoms with Gasteiger partial charge in [0.05, 0.1) is 13.2 Å². The van der Waals surface area contributed by atoms with E-state index < -0.39 is 10.8 Å². The number of para-hydroxylation sites is 1. The molecule has 2 heterocycles. The zero-order valence-electron chi connectivity index (χ0n) is 13.5. The van der Waals surface area contributed by atoms with Crippen molar-refractivity contribution in [2.24, 2.45) is 17.3 Å². The normalized spacial score (nSPS) is 38.1. The predicted octanol–water partition coefficient (Wildman–Crippen LogP) is 1.52. The van der Waals surface area contributed by atoms with Crippen LogP contribution in [0.3, 0.4) is 0 Å². The molecule has 2 bridgehead atoms. The minimum atomic E-state index is -0.800. The Hall–Kier alpha value is -2.14. The Morgan fingerprint density at radius 3 is 2.83 bits per heavy atom. The minimum Gasteiger partial charge on any atom is -0.492 e. The van der Waals surface area contributed by atoms with Crippen molar-refractivity contribution < 1.29 is 19.1 Å². The number of rotatable bonds is 3. The SMILES string of the molecule is COCCN1C(=O)[C@@]23COc4ccccc4[C@]2(C1=O)[C@H]1C=C[C@@H]3C1. The molecule has 4 aliphatic rings. The number of nitrogens with zero attached hydrogens (tertiary/aromatic N) is 1. The molecule has 1 aromatic carbocycles. The molecule has 5 heteroatoms. The highest BCUT2D eigenvalue weighted by molar-refractivity contribution is 6.15. The number of allylic oxidation sites excluding steroid dienone is 2. The molecule has 1 saturated heterocycles. The Balaban J connectivity index is 1.77. The first-order valence-corrected chi connectivity index (χ1v) is 8.44. The lowest BCUT2D eigenvalue weighted by atomic mass is 9.55. The number of imide groups is 1. The van der Waals surface area contributed by atoms with Crippen LogP contribution in [-0.2, 0) is 19.7 Å². The summed E-state index contributed by atoms with van der Waals surface area (Å²) >= 11 is 0. The van der Waals surface area contributed by atoms with Crippen molar-refractivity contribution in [2.45, 2.75) is 11.8 Å². The van der Waals surface area contributed by atoms with Crippen molar-refractivity contribution in [3.63, 3.8) is 0 Å². The van der Waals surface area contributed by atoms with Crippen LogP contribution in [0.25, 0.3) is 0 Å². The van der Waals surface area contributed by atoms with Crippen LogP contribution in [0, 0.1) is 17.3 Å². The predicted molar refractivity (Wildman–Crippen MR) is 85.4 cm³/mol. The van der Waals surface area contributed by atoms with Gasteiger partial charge in [0.1, 0.15) is 23.2 Å². The van der Waals surface area contributed by atoms with E-state index in [9.17, 15) is 9.59 Å². The summed E-state index contributed by atoms with van der Waals surface area (Å²) in [4.78, 5) is 28.4. The summed E-state index contributed by atoms with van der Waals surface area (Å²) in [7, 11) is 1.58. The van der Waals surface area contributed by atoms with E-state index in [2.05, 4.69) is 12.2 Å². The zero-order valence-corrected chi connectivity index (χ0v) is 13.5. The quantitative estimate of drug-likeness (QED) is 0.625. The van der Waals surface area contributed by atoms with Gasteiger partial charge in [-0.3, -0.25) is 14.5 Å². The average Bonchev–Trinajstić information content (AvgIpc) is 3.25. The fourth-order valence-corrected chi connectivity index (χ4v) is 5.56. The van der Waals surface area contributed by atoms with E-state index in [1.165, 1.54) is 4.90 Å². The van der Waals surface area contributed by atoms with Crippen molar-refractivity contribution in [1.82, 2.24) is 4.90 Å². The molecule has 2 aliphatic carbocycles. The molecule has 124 valence electrons. The van der Waals surface area contributed by atoms with Crippen LogP contribution in [0.5, 0.6) is 5.75 Å². The van der Waals surface area contributed by atoms with E-state index in [1.807, 2.05) is 24.3 Å². The molecule has 2 fully saturated rings. The van der Waals surface area contributed by atoms with Crippen LogP contribution < -0.4 is 4.74 Å². The average molecular weight is 325 g/mol. The first-order chi connectivity index (χ1) is 11.7. The van der Waals surface area contributed by atoms with Crippen molar-refractivity contribution >= 4 is 11.8 Å². The number of fused-ring (bicyclic) bond motifs is 3. The summed E-state index contributed by atoms with van der Waals surface area (Å²) in [5.74, 6) is 0.716. The lowest BCUT2D eigenvalue weighted by Crippen LogP contribution is -2.57. The van der Waals surface area contributed by atoms with Crippen LogP contribution in [-0.4, -0.2) is 43.6 Å². The smallest absolute Gasteiger partial charge is 0.241 e. The van der Waals surface area contributed by atoms with Gasteiger partial charge in [0.25, 0.3) is 0 Å². The molecule has 5 nitrogen and oxygen atoms in total. The molecular formula is C19H19NO4. The summed E-state index contributed by atoms with van der Waals surface area (Å²) < 4.78 is 11.1.